The van der Waals surface area contributed by atoms with E-state index in [1.165, 1.54) is 18.2 Å². The van der Waals surface area contributed by atoms with E-state index in [-0.39, 0.29) is 23.2 Å². The van der Waals surface area contributed by atoms with Crippen LogP contribution in [0.2, 0.25) is 0 Å². The molecule has 1 N–H and O–H groups in total. The summed E-state index contributed by atoms with van der Waals surface area (Å²) in [4.78, 5) is 15.9. The average Bonchev–Trinajstić information content (AvgIpc) is 2.59. The van der Waals surface area contributed by atoms with Crippen molar-refractivity contribution in [1.82, 2.24) is 4.90 Å². The van der Waals surface area contributed by atoms with Crippen LogP contribution in [-0.2, 0) is 12.4 Å². The SMILES string of the molecule is O=c1cc(CCl)oc(CN2CCN(c3cccc(F)c3)CC2)c1O. The Balaban J connectivity index is 1.66. The summed E-state index contributed by atoms with van der Waals surface area (Å²) in [7, 11) is 0. The van der Waals surface area contributed by atoms with Gasteiger partial charge in [0.25, 0.3) is 0 Å². The smallest absolute Gasteiger partial charge is 0.227 e. The summed E-state index contributed by atoms with van der Waals surface area (Å²) in [6.07, 6.45) is 0. The fraction of sp³-hybridized carbons (Fsp3) is 0.353. The Labute approximate surface area is 143 Å². The first-order valence-electron chi connectivity index (χ1n) is 7.70. The van der Waals surface area contributed by atoms with Gasteiger partial charge >= 0.3 is 0 Å². The van der Waals surface area contributed by atoms with Gasteiger partial charge in [-0.15, -0.1) is 11.6 Å². The molecule has 0 amide bonds. The van der Waals surface area contributed by atoms with Crippen molar-refractivity contribution >= 4 is 17.3 Å². The monoisotopic (exact) mass is 352 g/mol. The van der Waals surface area contributed by atoms with Crippen molar-refractivity contribution in [3.05, 3.63) is 57.9 Å². The van der Waals surface area contributed by atoms with Crippen LogP contribution in [0.1, 0.15) is 11.5 Å². The minimum Gasteiger partial charge on any atom is -0.502 e. The third kappa shape index (κ3) is 3.71. The molecule has 0 saturated carbocycles. The third-order valence-corrected chi connectivity index (χ3v) is 4.35. The lowest BCUT2D eigenvalue weighted by Crippen LogP contribution is -2.46. The zero-order valence-corrected chi connectivity index (χ0v) is 13.8. The van der Waals surface area contributed by atoms with Gasteiger partial charge in [-0.05, 0) is 18.2 Å². The van der Waals surface area contributed by atoms with Crippen molar-refractivity contribution in [2.45, 2.75) is 12.4 Å². The molecule has 2 heterocycles. The number of hydrogen-bond donors (Lipinski definition) is 1. The first-order chi connectivity index (χ1) is 11.6. The van der Waals surface area contributed by atoms with E-state index in [4.69, 9.17) is 16.0 Å². The predicted octanol–water partition coefficient (Wildman–Crippen LogP) is 2.55. The van der Waals surface area contributed by atoms with E-state index < -0.39 is 5.43 Å². The molecule has 5 nitrogen and oxygen atoms in total. The first kappa shape index (κ1) is 16.8. The van der Waals surface area contributed by atoms with E-state index in [0.29, 0.717) is 25.4 Å². The fourth-order valence-corrected chi connectivity index (χ4v) is 2.93. The summed E-state index contributed by atoms with van der Waals surface area (Å²) in [5, 5.41) is 9.88. The maximum absolute atomic E-state index is 13.3. The second kappa shape index (κ2) is 7.23. The fourth-order valence-electron chi connectivity index (χ4n) is 2.80. The molecule has 3 rings (SSSR count). The van der Waals surface area contributed by atoms with Crippen molar-refractivity contribution in [3.8, 4) is 5.75 Å². The third-order valence-electron chi connectivity index (χ3n) is 4.09. The molecule has 1 aliphatic rings. The lowest BCUT2D eigenvalue weighted by molar-refractivity contribution is 0.219. The van der Waals surface area contributed by atoms with Gasteiger partial charge in [-0.25, -0.2) is 4.39 Å². The molecule has 1 saturated heterocycles. The number of benzene rings is 1. The Morgan fingerprint density at radius 1 is 1.21 bits per heavy atom. The van der Waals surface area contributed by atoms with Gasteiger partial charge in [-0.1, -0.05) is 6.07 Å². The predicted molar refractivity (Wildman–Crippen MR) is 90.1 cm³/mol. The van der Waals surface area contributed by atoms with E-state index in [2.05, 4.69) is 9.80 Å². The van der Waals surface area contributed by atoms with Gasteiger partial charge in [0.15, 0.2) is 5.76 Å². The summed E-state index contributed by atoms with van der Waals surface area (Å²) in [5.41, 5.74) is 0.374. The van der Waals surface area contributed by atoms with Crippen molar-refractivity contribution < 1.29 is 13.9 Å². The molecule has 1 aromatic heterocycles. The number of rotatable bonds is 4. The zero-order valence-electron chi connectivity index (χ0n) is 13.0. The molecule has 7 heteroatoms. The second-order valence-electron chi connectivity index (χ2n) is 5.73. The topological polar surface area (TPSA) is 56.9 Å². The van der Waals surface area contributed by atoms with Gasteiger partial charge in [-0.2, -0.15) is 0 Å². The summed E-state index contributed by atoms with van der Waals surface area (Å²) in [6.45, 7) is 3.21. The molecule has 0 radical (unpaired) electrons. The first-order valence-corrected chi connectivity index (χ1v) is 8.24. The molecule has 0 spiro atoms. The Bertz CT molecular complexity index is 773. The lowest BCUT2D eigenvalue weighted by atomic mass is 10.2. The minimum absolute atomic E-state index is 0.0792. The molecule has 2 aromatic rings. The number of piperazine rings is 1. The maximum Gasteiger partial charge on any atom is 0.227 e. The maximum atomic E-state index is 13.3. The molecule has 24 heavy (non-hydrogen) atoms. The molecule has 0 unspecified atom stereocenters. The molecule has 128 valence electrons. The standard InChI is InChI=1S/C17H18ClFN2O3/c18-10-14-9-15(22)17(23)16(24-14)11-20-4-6-21(7-5-20)13-3-1-2-12(19)8-13/h1-3,8-9,23H,4-7,10-11H2. The van der Waals surface area contributed by atoms with Crippen LogP contribution in [0, 0.1) is 5.82 Å². The Morgan fingerprint density at radius 3 is 2.62 bits per heavy atom. The van der Waals surface area contributed by atoms with Crippen molar-refractivity contribution in [1.29, 1.82) is 0 Å². The molecule has 0 atom stereocenters. The number of anilines is 1. The average molecular weight is 353 g/mol. The number of hydrogen-bond acceptors (Lipinski definition) is 5. The van der Waals surface area contributed by atoms with Gasteiger partial charge in [-0.3, -0.25) is 9.69 Å². The van der Waals surface area contributed by atoms with Gasteiger partial charge in [0.2, 0.25) is 11.2 Å². The number of nitrogens with zero attached hydrogens (tertiary/aromatic N) is 2. The summed E-state index contributed by atoms with van der Waals surface area (Å²) < 4.78 is 18.8. The number of halogens is 2. The van der Waals surface area contributed by atoms with Gasteiger partial charge in [0.1, 0.15) is 11.6 Å². The van der Waals surface area contributed by atoms with Crippen LogP contribution < -0.4 is 10.3 Å². The normalized spacial score (nSPS) is 15.7. The van der Waals surface area contributed by atoms with Crippen LogP contribution >= 0.6 is 11.6 Å². The van der Waals surface area contributed by atoms with E-state index in [9.17, 15) is 14.3 Å². The molecular weight excluding hydrogens is 335 g/mol. The van der Waals surface area contributed by atoms with Crippen LogP contribution in [0.5, 0.6) is 5.75 Å². The lowest BCUT2D eigenvalue weighted by Gasteiger charge is -2.35. The molecule has 0 aliphatic carbocycles. The van der Waals surface area contributed by atoms with Crippen LogP contribution in [0.15, 0.2) is 39.5 Å². The second-order valence-corrected chi connectivity index (χ2v) is 5.99. The highest BCUT2D eigenvalue weighted by Crippen LogP contribution is 2.21. The van der Waals surface area contributed by atoms with E-state index >= 15 is 0 Å². The largest absolute Gasteiger partial charge is 0.502 e. The van der Waals surface area contributed by atoms with Crippen molar-refractivity contribution in [3.63, 3.8) is 0 Å². The Kier molecular flexibility index (Phi) is 5.06. The highest BCUT2D eigenvalue weighted by atomic mass is 35.5. The summed E-state index contributed by atoms with van der Waals surface area (Å²) in [5.74, 6) is 0.0386. The van der Waals surface area contributed by atoms with Crippen LogP contribution in [0.4, 0.5) is 10.1 Å². The van der Waals surface area contributed by atoms with Crippen LogP contribution in [0.25, 0.3) is 0 Å². The minimum atomic E-state index is -0.481. The molecule has 1 aromatic carbocycles. The van der Waals surface area contributed by atoms with Gasteiger partial charge in [0, 0.05) is 37.9 Å². The zero-order chi connectivity index (χ0) is 17.1. The molecular formula is C17H18ClFN2O3. The quantitative estimate of drug-likeness (QED) is 0.857. The highest BCUT2D eigenvalue weighted by molar-refractivity contribution is 6.16. The van der Waals surface area contributed by atoms with E-state index in [0.717, 1.165) is 18.8 Å². The summed E-state index contributed by atoms with van der Waals surface area (Å²) in [6, 6.07) is 7.72. The van der Waals surface area contributed by atoms with E-state index in [1.807, 2.05) is 6.07 Å². The Hall–Kier alpha value is -2.05. The summed E-state index contributed by atoms with van der Waals surface area (Å²) >= 11 is 5.70. The Morgan fingerprint density at radius 2 is 1.96 bits per heavy atom. The molecule has 1 aliphatic heterocycles. The van der Waals surface area contributed by atoms with Crippen LogP contribution in [0.3, 0.4) is 0 Å². The van der Waals surface area contributed by atoms with Crippen LogP contribution in [-0.4, -0.2) is 36.2 Å². The van der Waals surface area contributed by atoms with Crippen molar-refractivity contribution in [2.75, 3.05) is 31.1 Å². The number of aromatic hydroxyl groups is 1. The van der Waals surface area contributed by atoms with E-state index in [1.54, 1.807) is 6.07 Å². The molecule has 1 fully saturated rings. The highest BCUT2D eigenvalue weighted by Gasteiger charge is 2.20. The van der Waals surface area contributed by atoms with Crippen molar-refractivity contribution in [2.24, 2.45) is 0 Å². The van der Waals surface area contributed by atoms with Gasteiger partial charge in [0.05, 0.1) is 12.4 Å². The van der Waals surface area contributed by atoms with Gasteiger partial charge < -0.3 is 14.4 Å². The number of alkyl halides is 1. The molecule has 0 bridgehead atoms.